The summed E-state index contributed by atoms with van der Waals surface area (Å²) >= 11 is 0. The number of nitrogens with one attached hydrogen (secondary N) is 1. The van der Waals surface area contributed by atoms with E-state index in [2.05, 4.69) is 4.83 Å². The van der Waals surface area contributed by atoms with E-state index in [9.17, 15) is 8.42 Å². The van der Waals surface area contributed by atoms with Gasteiger partial charge in [-0.1, -0.05) is 6.42 Å². The van der Waals surface area contributed by atoms with E-state index < -0.39 is 10.0 Å². The van der Waals surface area contributed by atoms with E-state index in [1.165, 1.54) is 6.07 Å². The van der Waals surface area contributed by atoms with Crippen molar-refractivity contribution in [1.82, 2.24) is 9.84 Å². The van der Waals surface area contributed by atoms with Crippen LogP contribution in [0.1, 0.15) is 31.2 Å². The number of fused-ring (bicyclic) bond motifs is 1. The van der Waals surface area contributed by atoms with E-state index in [4.69, 9.17) is 10.5 Å². The SMILES string of the molecule is Nc1cc2c(c(S(=O)(=O)NN3CCCCC3)c1)OCCC2. The highest BCUT2D eigenvalue weighted by atomic mass is 32.2. The molecule has 2 aliphatic rings. The van der Waals surface area contributed by atoms with Gasteiger partial charge in [0.05, 0.1) is 6.61 Å². The molecule has 2 aliphatic heterocycles. The number of anilines is 1. The van der Waals surface area contributed by atoms with Crippen molar-refractivity contribution in [2.75, 3.05) is 25.4 Å². The number of piperidine rings is 1. The number of benzene rings is 1. The highest BCUT2D eigenvalue weighted by Crippen LogP contribution is 2.34. The Hall–Kier alpha value is -1.31. The molecule has 116 valence electrons. The number of sulfonamides is 1. The molecule has 0 radical (unpaired) electrons. The minimum absolute atomic E-state index is 0.155. The van der Waals surface area contributed by atoms with Crippen molar-refractivity contribution in [3.05, 3.63) is 17.7 Å². The number of nitrogens with two attached hydrogens (primary N) is 1. The van der Waals surface area contributed by atoms with E-state index in [1.54, 1.807) is 11.1 Å². The average molecular weight is 311 g/mol. The summed E-state index contributed by atoms with van der Waals surface area (Å²) < 4.78 is 30.9. The number of ether oxygens (including phenoxy) is 1. The number of nitrogen functional groups attached to an aromatic ring is 1. The van der Waals surface area contributed by atoms with Crippen LogP contribution in [0.4, 0.5) is 5.69 Å². The van der Waals surface area contributed by atoms with Crippen molar-refractivity contribution in [2.45, 2.75) is 37.0 Å². The van der Waals surface area contributed by atoms with E-state index in [0.29, 0.717) is 18.0 Å². The number of aryl methyl sites for hydroxylation is 1. The Bertz CT molecular complexity index is 625. The van der Waals surface area contributed by atoms with Crippen LogP contribution in [0, 0.1) is 0 Å². The van der Waals surface area contributed by atoms with Crippen LogP contribution in [0.2, 0.25) is 0 Å². The molecule has 1 aromatic carbocycles. The fourth-order valence-corrected chi connectivity index (χ4v) is 4.22. The van der Waals surface area contributed by atoms with E-state index in [-0.39, 0.29) is 4.90 Å². The van der Waals surface area contributed by atoms with Crippen LogP contribution in [-0.2, 0) is 16.4 Å². The molecule has 0 amide bonds. The standard InChI is InChI=1S/C14H21N3O3S/c15-12-9-11-5-4-8-20-14(11)13(10-12)21(18,19)16-17-6-2-1-3-7-17/h9-10,16H,1-8,15H2. The van der Waals surface area contributed by atoms with Gasteiger partial charge in [0, 0.05) is 18.8 Å². The van der Waals surface area contributed by atoms with Gasteiger partial charge in [0.15, 0.2) is 0 Å². The third-order valence-electron chi connectivity index (χ3n) is 3.89. The first-order chi connectivity index (χ1) is 10.1. The molecule has 0 saturated carbocycles. The summed E-state index contributed by atoms with van der Waals surface area (Å²) in [4.78, 5) is 2.81. The van der Waals surface area contributed by atoms with Crippen molar-refractivity contribution in [2.24, 2.45) is 0 Å². The van der Waals surface area contributed by atoms with Gasteiger partial charge >= 0.3 is 0 Å². The minimum Gasteiger partial charge on any atom is -0.492 e. The maximum Gasteiger partial charge on any atom is 0.257 e. The fraction of sp³-hybridized carbons (Fsp3) is 0.571. The molecule has 0 bridgehead atoms. The summed E-state index contributed by atoms with van der Waals surface area (Å²) in [7, 11) is -3.65. The molecule has 1 fully saturated rings. The van der Waals surface area contributed by atoms with Gasteiger partial charge < -0.3 is 10.5 Å². The van der Waals surface area contributed by atoms with Crippen LogP contribution in [0.3, 0.4) is 0 Å². The van der Waals surface area contributed by atoms with Crippen molar-refractivity contribution in [3.63, 3.8) is 0 Å². The Kier molecular flexibility index (Phi) is 4.05. The number of rotatable bonds is 3. The first kappa shape index (κ1) is 14.6. The smallest absolute Gasteiger partial charge is 0.257 e. The molecule has 0 aliphatic carbocycles. The quantitative estimate of drug-likeness (QED) is 0.821. The van der Waals surface area contributed by atoms with Crippen molar-refractivity contribution >= 4 is 15.7 Å². The van der Waals surface area contributed by atoms with Crippen LogP contribution < -0.4 is 15.3 Å². The molecule has 21 heavy (non-hydrogen) atoms. The Morgan fingerprint density at radius 2 is 1.90 bits per heavy atom. The maximum atomic E-state index is 12.6. The summed E-state index contributed by atoms with van der Waals surface area (Å²) in [6.45, 7) is 2.03. The second kappa shape index (κ2) is 5.82. The van der Waals surface area contributed by atoms with Crippen molar-refractivity contribution < 1.29 is 13.2 Å². The molecule has 0 aromatic heterocycles. The summed E-state index contributed by atoms with van der Waals surface area (Å²) in [5.41, 5.74) is 7.18. The highest BCUT2D eigenvalue weighted by Gasteiger charge is 2.27. The second-order valence-corrected chi connectivity index (χ2v) is 7.23. The molecule has 0 atom stereocenters. The lowest BCUT2D eigenvalue weighted by Crippen LogP contribution is -2.45. The Morgan fingerprint density at radius 3 is 2.67 bits per heavy atom. The van der Waals surface area contributed by atoms with Gasteiger partial charge in [-0.3, -0.25) is 0 Å². The predicted octanol–water partition coefficient (Wildman–Crippen LogP) is 1.27. The van der Waals surface area contributed by atoms with Gasteiger partial charge in [0.1, 0.15) is 10.6 Å². The topological polar surface area (TPSA) is 84.7 Å². The Morgan fingerprint density at radius 1 is 1.14 bits per heavy atom. The van der Waals surface area contributed by atoms with E-state index in [1.807, 2.05) is 0 Å². The minimum atomic E-state index is -3.65. The summed E-state index contributed by atoms with van der Waals surface area (Å²) in [6, 6.07) is 3.28. The number of hydrogen-bond acceptors (Lipinski definition) is 5. The molecule has 1 saturated heterocycles. The van der Waals surface area contributed by atoms with Gasteiger partial charge in [-0.25, -0.2) is 13.4 Å². The molecule has 0 unspecified atom stereocenters. The van der Waals surface area contributed by atoms with E-state index in [0.717, 1.165) is 50.8 Å². The lowest BCUT2D eigenvalue weighted by atomic mass is 10.1. The first-order valence-corrected chi connectivity index (χ1v) is 8.87. The van der Waals surface area contributed by atoms with Crippen LogP contribution in [0.25, 0.3) is 0 Å². The molecule has 2 heterocycles. The zero-order valence-electron chi connectivity index (χ0n) is 12.0. The first-order valence-electron chi connectivity index (χ1n) is 7.39. The van der Waals surface area contributed by atoms with Crippen molar-refractivity contribution in [1.29, 1.82) is 0 Å². The predicted molar refractivity (Wildman–Crippen MR) is 80.4 cm³/mol. The van der Waals surface area contributed by atoms with Crippen LogP contribution in [-0.4, -0.2) is 33.1 Å². The zero-order valence-corrected chi connectivity index (χ0v) is 12.8. The summed E-state index contributed by atoms with van der Waals surface area (Å²) in [5, 5.41) is 1.76. The molecule has 0 spiro atoms. The normalized spacial score (nSPS) is 19.8. The second-order valence-electron chi connectivity index (χ2n) is 5.60. The van der Waals surface area contributed by atoms with Gasteiger partial charge in [-0.05, 0) is 43.4 Å². The number of hydrazine groups is 1. The maximum absolute atomic E-state index is 12.6. The monoisotopic (exact) mass is 311 g/mol. The van der Waals surface area contributed by atoms with Gasteiger partial charge in [0.2, 0.25) is 0 Å². The Balaban J connectivity index is 1.92. The molecular formula is C14H21N3O3S. The Labute approximate surface area is 125 Å². The van der Waals surface area contributed by atoms with Gasteiger partial charge in [0.25, 0.3) is 10.0 Å². The number of hydrogen-bond donors (Lipinski definition) is 2. The summed E-state index contributed by atoms with van der Waals surface area (Å²) in [6.07, 6.45) is 4.85. The average Bonchev–Trinajstić information content (AvgIpc) is 2.47. The van der Waals surface area contributed by atoms with Gasteiger partial charge in [-0.2, -0.15) is 0 Å². The van der Waals surface area contributed by atoms with Crippen LogP contribution >= 0.6 is 0 Å². The third kappa shape index (κ3) is 3.14. The summed E-state index contributed by atoms with van der Waals surface area (Å²) in [5.74, 6) is 0.458. The lowest BCUT2D eigenvalue weighted by Gasteiger charge is -2.28. The molecule has 7 heteroatoms. The zero-order chi connectivity index (χ0) is 14.9. The molecule has 6 nitrogen and oxygen atoms in total. The van der Waals surface area contributed by atoms with Gasteiger partial charge in [-0.15, -0.1) is 4.83 Å². The third-order valence-corrected chi connectivity index (χ3v) is 5.27. The van der Waals surface area contributed by atoms with E-state index >= 15 is 0 Å². The number of nitrogens with zero attached hydrogens (tertiary/aromatic N) is 1. The van der Waals surface area contributed by atoms with Crippen LogP contribution in [0.15, 0.2) is 17.0 Å². The highest BCUT2D eigenvalue weighted by molar-refractivity contribution is 7.89. The fourth-order valence-electron chi connectivity index (χ4n) is 2.87. The van der Waals surface area contributed by atoms with Crippen LogP contribution in [0.5, 0.6) is 5.75 Å². The molecule has 1 aromatic rings. The molecular weight excluding hydrogens is 290 g/mol. The molecule has 3 rings (SSSR count). The lowest BCUT2D eigenvalue weighted by molar-refractivity contribution is 0.199. The largest absolute Gasteiger partial charge is 0.492 e. The van der Waals surface area contributed by atoms with Crippen molar-refractivity contribution in [3.8, 4) is 5.75 Å². The molecule has 3 N–H and O–H groups in total.